The van der Waals surface area contributed by atoms with Crippen LogP contribution in [0, 0.1) is 0 Å². The molecule has 152 valence electrons. The summed E-state index contributed by atoms with van der Waals surface area (Å²) in [6.07, 6.45) is 1.94. The third-order valence-electron chi connectivity index (χ3n) is 4.57. The Morgan fingerprint density at radius 2 is 1.73 bits per heavy atom. The Kier molecular flexibility index (Phi) is 5.90. The molecule has 2 aromatic carbocycles. The first-order chi connectivity index (χ1) is 14.7. The van der Waals surface area contributed by atoms with Crippen molar-refractivity contribution in [2.24, 2.45) is 0 Å². The number of carboxylic acids is 1. The SMILES string of the molecule is CCCCOc1c(-c2ccccc2)nn(-c2nc(C(=O)O)cs2)c1-c1ccccc1. The first-order valence-corrected chi connectivity index (χ1v) is 10.6. The molecule has 4 aromatic rings. The van der Waals surface area contributed by atoms with Gasteiger partial charge in [0.1, 0.15) is 11.4 Å². The summed E-state index contributed by atoms with van der Waals surface area (Å²) in [6.45, 7) is 2.69. The quantitative estimate of drug-likeness (QED) is 0.379. The van der Waals surface area contributed by atoms with Gasteiger partial charge in [0.2, 0.25) is 5.13 Å². The number of carbonyl (C=O) groups is 1. The van der Waals surface area contributed by atoms with Crippen LogP contribution in [0.4, 0.5) is 0 Å². The lowest BCUT2D eigenvalue weighted by Crippen LogP contribution is -2.03. The number of unbranched alkanes of at least 4 members (excludes halogenated alkanes) is 1. The maximum Gasteiger partial charge on any atom is 0.355 e. The highest BCUT2D eigenvalue weighted by Crippen LogP contribution is 2.41. The van der Waals surface area contributed by atoms with Gasteiger partial charge in [-0.05, 0) is 6.42 Å². The average Bonchev–Trinajstić information content (AvgIpc) is 3.40. The van der Waals surface area contributed by atoms with Gasteiger partial charge in [-0.15, -0.1) is 11.3 Å². The summed E-state index contributed by atoms with van der Waals surface area (Å²) in [5, 5.41) is 16.1. The molecule has 6 nitrogen and oxygen atoms in total. The van der Waals surface area contributed by atoms with Crippen molar-refractivity contribution < 1.29 is 14.6 Å². The van der Waals surface area contributed by atoms with Crippen LogP contribution in [-0.4, -0.2) is 32.4 Å². The van der Waals surface area contributed by atoms with Crippen LogP contribution >= 0.6 is 11.3 Å². The lowest BCUT2D eigenvalue weighted by molar-refractivity contribution is 0.0691. The fourth-order valence-electron chi connectivity index (χ4n) is 3.09. The van der Waals surface area contributed by atoms with Crippen molar-refractivity contribution >= 4 is 17.3 Å². The molecule has 0 spiro atoms. The van der Waals surface area contributed by atoms with E-state index in [2.05, 4.69) is 11.9 Å². The molecule has 0 radical (unpaired) electrons. The Morgan fingerprint density at radius 3 is 2.33 bits per heavy atom. The van der Waals surface area contributed by atoms with Crippen LogP contribution in [0.1, 0.15) is 30.3 Å². The van der Waals surface area contributed by atoms with Crippen LogP contribution < -0.4 is 4.74 Å². The van der Waals surface area contributed by atoms with Crippen molar-refractivity contribution in [3.05, 3.63) is 71.7 Å². The van der Waals surface area contributed by atoms with E-state index in [0.29, 0.717) is 23.2 Å². The Hall–Kier alpha value is -3.45. The zero-order valence-corrected chi connectivity index (χ0v) is 17.3. The van der Waals surface area contributed by atoms with Gasteiger partial charge in [-0.1, -0.05) is 74.0 Å². The lowest BCUT2D eigenvalue weighted by Gasteiger charge is -2.10. The van der Waals surface area contributed by atoms with Crippen LogP contribution in [0.15, 0.2) is 66.0 Å². The van der Waals surface area contributed by atoms with Crippen molar-refractivity contribution in [3.8, 4) is 33.4 Å². The summed E-state index contributed by atoms with van der Waals surface area (Å²) in [6, 6.07) is 19.7. The number of thiazole rings is 1. The van der Waals surface area contributed by atoms with Crippen LogP contribution in [-0.2, 0) is 0 Å². The van der Waals surface area contributed by atoms with Crippen LogP contribution in [0.2, 0.25) is 0 Å². The van der Waals surface area contributed by atoms with Gasteiger partial charge in [0.25, 0.3) is 0 Å². The van der Waals surface area contributed by atoms with E-state index in [0.717, 1.165) is 29.7 Å². The van der Waals surface area contributed by atoms with E-state index >= 15 is 0 Å². The Balaban J connectivity index is 1.94. The predicted octanol–water partition coefficient (Wildman–Crippen LogP) is 5.54. The minimum Gasteiger partial charge on any atom is -0.489 e. The van der Waals surface area contributed by atoms with E-state index in [1.807, 2.05) is 60.7 Å². The number of hydrogen-bond acceptors (Lipinski definition) is 5. The van der Waals surface area contributed by atoms with E-state index in [-0.39, 0.29) is 5.69 Å². The number of hydrogen-bond donors (Lipinski definition) is 1. The third-order valence-corrected chi connectivity index (χ3v) is 5.39. The van der Waals surface area contributed by atoms with Crippen molar-refractivity contribution in [1.82, 2.24) is 14.8 Å². The van der Waals surface area contributed by atoms with Crippen molar-refractivity contribution in [3.63, 3.8) is 0 Å². The monoisotopic (exact) mass is 419 g/mol. The Labute approximate surface area is 178 Å². The molecule has 2 heterocycles. The first-order valence-electron chi connectivity index (χ1n) is 9.75. The van der Waals surface area contributed by atoms with Gasteiger partial charge < -0.3 is 9.84 Å². The molecule has 0 aliphatic heterocycles. The molecule has 0 atom stereocenters. The number of nitrogens with zero attached hydrogens (tertiary/aromatic N) is 3. The van der Waals surface area contributed by atoms with E-state index in [1.165, 1.54) is 16.7 Å². The average molecular weight is 420 g/mol. The molecular formula is C23H21N3O3S. The molecule has 30 heavy (non-hydrogen) atoms. The largest absolute Gasteiger partial charge is 0.489 e. The number of rotatable bonds is 8. The van der Waals surface area contributed by atoms with E-state index in [1.54, 1.807) is 4.68 Å². The number of aromatic carboxylic acids is 1. The highest BCUT2D eigenvalue weighted by atomic mass is 32.1. The maximum absolute atomic E-state index is 11.4. The van der Waals surface area contributed by atoms with Gasteiger partial charge in [-0.2, -0.15) is 5.10 Å². The molecule has 0 aliphatic rings. The second-order valence-corrected chi connectivity index (χ2v) is 7.53. The highest BCUT2D eigenvalue weighted by Gasteiger charge is 2.25. The summed E-state index contributed by atoms with van der Waals surface area (Å²) in [5.74, 6) is -0.387. The summed E-state index contributed by atoms with van der Waals surface area (Å²) < 4.78 is 7.94. The lowest BCUT2D eigenvalue weighted by atomic mass is 10.1. The smallest absolute Gasteiger partial charge is 0.355 e. The number of benzene rings is 2. The van der Waals surface area contributed by atoms with Crippen molar-refractivity contribution in [1.29, 1.82) is 0 Å². The van der Waals surface area contributed by atoms with Gasteiger partial charge in [0.05, 0.1) is 6.61 Å². The van der Waals surface area contributed by atoms with E-state index < -0.39 is 5.97 Å². The minimum atomic E-state index is -1.06. The zero-order chi connectivity index (χ0) is 20.9. The normalized spacial score (nSPS) is 10.8. The molecule has 0 unspecified atom stereocenters. The second kappa shape index (κ2) is 8.92. The van der Waals surface area contributed by atoms with Gasteiger partial charge in [-0.3, -0.25) is 0 Å². The molecule has 4 rings (SSSR count). The van der Waals surface area contributed by atoms with Gasteiger partial charge in [0.15, 0.2) is 11.4 Å². The topological polar surface area (TPSA) is 77.2 Å². The zero-order valence-electron chi connectivity index (χ0n) is 16.5. The van der Waals surface area contributed by atoms with Gasteiger partial charge in [0, 0.05) is 16.5 Å². The molecule has 0 amide bonds. The van der Waals surface area contributed by atoms with E-state index in [9.17, 15) is 9.90 Å². The Morgan fingerprint density at radius 1 is 1.07 bits per heavy atom. The minimum absolute atomic E-state index is 0.000718. The fraction of sp³-hybridized carbons (Fsp3) is 0.174. The number of carboxylic acid groups (broad SMARTS) is 1. The molecule has 0 aliphatic carbocycles. The summed E-state index contributed by atoms with van der Waals surface area (Å²) in [4.78, 5) is 15.6. The summed E-state index contributed by atoms with van der Waals surface area (Å²) in [7, 11) is 0. The van der Waals surface area contributed by atoms with Gasteiger partial charge >= 0.3 is 5.97 Å². The van der Waals surface area contributed by atoms with Crippen LogP contribution in [0.3, 0.4) is 0 Å². The summed E-state index contributed by atoms with van der Waals surface area (Å²) in [5.41, 5.74) is 3.31. The fourth-order valence-corrected chi connectivity index (χ4v) is 3.85. The van der Waals surface area contributed by atoms with Crippen molar-refractivity contribution in [2.75, 3.05) is 6.61 Å². The molecule has 0 saturated carbocycles. The first kappa shape index (κ1) is 19.8. The molecular weight excluding hydrogens is 398 g/mol. The van der Waals surface area contributed by atoms with Crippen LogP contribution in [0.25, 0.3) is 27.6 Å². The standard InChI is InChI=1S/C23H21N3O3S/c1-2-3-14-29-21-19(16-10-6-4-7-11-16)25-26(20(21)17-12-8-5-9-13-17)23-24-18(15-30-23)22(27)28/h4-13,15H,2-3,14H2,1H3,(H,27,28). The molecule has 0 bridgehead atoms. The molecule has 1 N–H and O–H groups in total. The maximum atomic E-state index is 11.4. The second-order valence-electron chi connectivity index (χ2n) is 6.69. The Bertz CT molecular complexity index is 1140. The molecule has 0 saturated heterocycles. The van der Waals surface area contributed by atoms with Crippen molar-refractivity contribution in [2.45, 2.75) is 19.8 Å². The number of ether oxygens (including phenoxy) is 1. The molecule has 2 aromatic heterocycles. The number of aromatic nitrogens is 3. The molecule has 7 heteroatoms. The highest BCUT2D eigenvalue weighted by molar-refractivity contribution is 7.12. The van der Waals surface area contributed by atoms with Crippen LogP contribution in [0.5, 0.6) is 5.75 Å². The van der Waals surface area contributed by atoms with Gasteiger partial charge in [-0.25, -0.2) is 14.5 Å². The molecule has 0 fully saturated rings. The summed E-state index contributed by atoms with van der Waals surface area (Å²) >= 11 is 1.24. The third kappa shape index (κ3) is 3.97. The predicted molar refractivity (Wildman–Crippen MR) is 117 cm³/mol. The van der Waals surface area contributed by atoms with E-state index in [4.69, 9.17) is 9.84 Å².